The van der Waals surface area contributed by atoms with Crippen molar-refractivity contribution in [1.82, 2.24) is 5.32 Å². The van der Waals surface area contributed by atoms with Crippen LogP contribution in [0.3, 0.4) is 0 Å². The van der Waals surface area contributed by atoms with E-state index in [4.69, 9.17) is 9.84 Å². The molecule has 1 saturated heterocycles. The van der Waals surface area contributed by atoms with Crippen molar-refractivity contribution in [2.45, 2.75) is 44.4 Å². The fourth-order valence-electron chi connectivity index (χ4n) is 2.49. The number of carboxylic acid groups (broad SMARTS) is 1. The summed E-state index contributed by atoms with van der Waals surface area (Å²) in [7, 11) is 0. The Bertz CT molecular complexity index is 193. The predicted molar refractivity (Wildman–Crippen MR) is 46.4 cm³/mol. The molecule has 1 aliphatic carbocycles. The Morgan fingerprint density at radius 3 is 2.85 bits per heavy atom. The highest BCUT2D eigenvalue weighted by molar-refractivity contribution is 5.57. The van der Waals surface area contributed by atoms with Gasteiger partial charge in [0, 0.05) is 12.5 Å². The summed E-state index contributed by atoms with van der Waals surface area (Å²) in [6, 6.07) is 0.498. The number of fused-ring (bicyclic) bond motifs is 1. The third-order valence-electron chi connectivity index (χ3n) is 3.07. The smallest absolute Gasteiger partial charge is 0.450 e. The number of carbonyl (C=O) groups is 1. The topological polar surface area (TPSA) is 58.6 Å². The molecule has 0 amide bonds. The van der Waals surface area contributed by atoms with E-state index in [-0.39, 0.29) is 6.23 Å². The van der Waals surface area contributed by atoms with Crippen molar-refractivity contribution in [1.29, 1.82) is 0 Å². The van der Waals surface area contributed by atoms with E-state index in [1.165, 1.54) is 25.7 Å². The number of hydrogen-bond donors (Lipinski definition) is 2. The van der Waals surface area contributed by atoms with Gasteiger partial charge in [0.25, 0.3) is 0 Å². The molecular weight excluding hydrogens is 170 g/mol. The first-order valence-electron chi connectivity index (χ1n) is 4.91. The summed E-state index contributed by atoms with van der Waals surface area (Å²) in [5.41, 5.74) is 0. The number of hydrogen-bond acceptors (Lipinski definition) is 3. The summed E-state index contributed by atoms with van der Waals surface area (Å²) in [6.07, 6.45) is 4.36. The molecule has 3 atom stereocenters. The molecule has 2 fully saturated rings. The van der Waals surface area contributed by atoms with Crippen molar-refractivity contribution in [3.63, 3.8) is 0 Å². The summed E-state index contributed by atoms with van der Waals surface area (Å²) in [4.78, 5) is 10.3. The maximum absolute atomic E-state index is 10.3. The molecule has 2 rings (SSSR count). The SMILES string of the molecule is O=C(O)OC1C[C@H]2CCCC[C@@H]2N1. The van der Waals surface area contributed by atoms with Crippen molar-refractivity contribution in [2.24, 2.45) is 5.92 Å². The average molecular weight is 185 g/mol. The second-order valence-corrected chi connectivity index (χ2v) is 3.93. The monoisotopic (exact) mass is 185 g/mol. The van der Waals surface area contributed by atoms with Crippen LogP contribution in [0.4, 0.5) is 4.79 Å². The van der Waals surface area contributed by atoms with Crippen LogP contribution in [0.2, 0.25) is 0 Å². The van der Waals surface area contributed by atoms with Gasteiger partial charge in [-0.1, -0.05) is 12.8 Å². The summed E-state index contributed by atoms with van der Waals surface area (Å²) < 4.78 is 4.71. The van der Waals surface area contributed by atoms with Gasteiger partial charge in [-0.05, 0) is 18.8 Å². The molecule has 2 aliphatic rings. The van der Waals surface area contributed by atoms with Crippen LogP contribution in [0, 0.1) is 5.92 Å². The molecular formula is C9H15NO3. The Hall–Kier alpha value is -0.770. The van der Waals surface area contributed by atoms with Crippen LogP contribution >= 0.6 is 0 Å². The highest BCUT2D eigenvalue weighted by Gasteiger charge is 2.36. The van der Waals surface area contributed by atoms with Gasteiger partial charge in [0.2, 0.25) is 0 Å². The predicted octanol–water partition coefficient (Wildman–Crippen LogP) is 1.56. The fourth-order valence-corrected chi connectivity index (χ4v) is 2.49. The molecule has 0 aromatic heterocycles. The van der Waals surface area contributed by atoms with E-state index in [2.05, 4.69) is 5.32 Å². The van der Waals surface area contributed by atoms with E-state index in [1.54, 1.807) is 0 Å². The van der Waals surface area contributed by atoms with E-state index < -0.39 is 6.16 Å². The van der Waals surface area contributed by atoms with Crippen LogP contribution in [-0.4, -0.2) is 23.5 Å². The summed E-state index contributed by atoms with van der Waals surface area (Å²) >= 11 is 0. The van der Waals surface area contributed by atoms with E-state index in [9.17, 15) is 4.79 Å². The van der Waals surface area contributed by atoms with Gasteiger partial charge in [0.05, 0.1) is 0 Å². The zero-order valence-electron chi connectivity index (χ0n) is 7.53. The molecule has 0 aromatic carbocycles. The molecule has 13 heavy (non-hydrogen) atoms. The first-order valence-corrected chi connectivity index (χ1v) is 4.91. The molecule has 1 saturated carbocycles. The maximum atomic E-state index is 10.3. The number of nitrogens with one attached hydrogen (secondary N) is 1. The van der Waals surface area contributed by atoms with Gasteiger partial charge in [-0.15, -0.1) is 0 Å². The third kappa shape index (κ3) is 1.94. The van der Waals surface area contributed by atoms with Crippen molar-refractivity contribution < 1.29 is 14.6 Å². The first kappa shape index (κ1) is 8.81. The molecule has 1 heterocycles. The Labute approximate surface area is 77.3 Å². The molecule has 1 unspecified atom stereocenters. The zero-order chi connectivity index (χ0) is 9.26. The van der Waals surface area contributed by atoms with Gasteiger partial charge in [-0.2, -0.15) is 0 Å². The molecule has 0 spiro atoms. The van der Waals surface area contributed by atoms with Gasteiger partial charge in [0.15, 0.2) is 6.23 Å². The van der Waals surface area contributed by atoms with Gasteiger partial charge < -0.3 is 9.84 Å². The lowest BCUT2D eigenvalue weighted by atomic mass is 9.85. The van der Waals surface area contributed by atoms with Crippen LogP contribution in [0.1, 0.15) is 32.1 Å². The van der Waals surface area contributed by atoms with Crippen LogP contribution in [0.5, 0.6) is 0 Å². The third-order valence-corrected chi connectivity index (χ3v) is 3.07. The Kier molecular flexibility index (Phi) is 2.40. The lowest BCUT2D eigenvalue weighted by Crippen LogP contribution is -2.35. The number of ether oxygens (including phenoxy) is 1. The minimum atomic E-state index is -1.17. The molecule has 0 bridgehead atoms. The fraction of sp³-hybridized carbons (Fsp3) is 0.889. The van der Waals surface area contributed by atoms with Crippen molar-refractivity contribution >= 4 is 6.16 Å². The van der Waals surface area contributed by atoms with E-state index >= 15 is 0 Å². The van der Waals surface area contributed by atoms with E-state index in [1.807, 2.05) is 0 Å². The largest absolute Gasteiger partial charge is 0.507 e. The number of rotatable bonds is 1. The van der Waals surface area contributed by atoms with Crippen LogP contribution in [0.25, 0.3) is 0 Å². The van der Waals surface area contributed by atoms with Crippen molar-refractivity contribution in [2.75, 3.05) is 0 Å². The zero-order valence-corrected chi connectivity index (χ0v) is 7.53. The summed E-state index contributed by atoms with van der Waals surface area (Å²) in [6.45, 7) is 0. The maximum Gasteiger partial charge on any atom is 0.507 e. The average Bonchev–Trinajstić information content (AvgIpc) is 2.44. The Morgan fingerprint density at radius 2 is 2.15 bits per heavy atom. The van der Waals surface area contributed by atoms with Gasteiger partial charge in [-0.25, -0.2) is 4.79 Å². The van der Waals surface area contributed by atoms with E-state index in [0.717, 1.165) is 6.42 Å². The highest BCUT2D eigenvalue weighted by Crippen LogP contribution is 2.33. The second-order valence-electron chi connectivity index (χ2n) is 3.93. The molecule has 4 heteroatoms. The lowest BCUT2D eigenvalue weighted by Gasteiger charge is -2.23. The molecule has 0 radical (unpaired) electrons. The van der Waals surface area contributed by atoms with Crippen molar-refractivity contribution in [3.8, 4) is 0 Å². The quantitative estimate of drug-likeness (QED) is 0.609. The molecule has 0 aromatic rings. The summed E-state index contributed by atoms with van der Waals surface area (Å²) in [5, 5.41) is 11.7. The minimum absolute atomic E-state index is 0.259. The van der Waals surface area contributed by atoms with E-state index in [0.29, 0.717) is 12.0 Å². The molecule has 74 valence electrons. The van der Waals surface area contributed by atoms with Crippen molar-refractivity contribution in [3.05, 3.63) is 0 Å². The molecule has 2 N–H and O–H groups in total. The summed E-state index contributed by atoms with van der Waals surface area (Å²) in [5.74, 6) is 0.637. The first-order chi connectivity index (χ1) is 6.25. The standard InChI is InChI=1S/C9H15NO3/c11-9(12)13-8-5-6-3-1-2-4-7(6)10-8/h6-8,10H,1-5H2,(H,11,12)/t6-,7+,8?/m1/s1. The molecule has 1 aliphatic heterocycles. The van der Waals surface area contributed by atoms with Gasteiger partial charge in [0.1, 0.15) is 0 Å². The highest BCUT2D eigenvalue weighted by atomic mass is 16.7. The minimum Gasteiger partial charge on any atom is -0.450 e. The Balaban J connectivity index is 1.87. The van der Waals surface area contributed by atoms with Gasteiger partial charge >= 0.3 is 6.16 Å². The second kappa shape index (κ2) is 3.54. The van der Waals surface area contributed by atoms with Gasteiger partial charge in [-0.3, -0.25) is 5.32 Å². The lowest BCUT2D eigenvalue weighted by molar-refractivity contribution is 0.0430. The van der Waals surface area contributed by atoms with Crippen LogP contribution in [0.15, 0.2) is 0 Å². The molecule has 4 nitrogen and oxygen atoms in total. The Morgan fingerprint density at radius 1 is 1.38 bits per heavy atom. The normalized spacial score (nSPS) is 38.3. The van der Waals surface area contributed by atoms with Crippen LogP contribution in [-0.2, 0) is 4.74 Å². The van der Waals surface area contributed by atoms with Crippen LogP contribution < -0.4 is 5.32 Å².